The summed E-state index contributed by atoms with van der Waals surface area (Å²) in [6.07, 6.45) is 4.39. The number of nitrogens with one attached hydrogen (secondary N) is 1. The predicted octanol–water partition coefficient (Wildman–Crippen LogP) is 4.48. The van der Waals surface area contributed by atoms with Gasteiger partial charge in [0.15, 0.2) is 5.96 Å². The number of halogens is 1. The van der Waals surface area contributed by atoms with Crippen molar-refractivity contribution < 1.29 is 0 Å². The molecule has 1 aliphatic rings. The Balaban J connectivity index is 0.00000261. The number of aromatic nitrogens is 1. The van der Waals surface area contributed by atoms with Crippen molar-refractivity contribution in [3.05, 3.63) is 53.2 Å². The number of pyridine rings is 1. The molecule has 0 bridgehead atoms. The van der Waals surface area contributed by atoms with Crippen molar-refractivity contribution in [1.29, 1.82) is 0 Å². The molecule has 146 valence electrons. The van der Waals surface area contributed by atoms with Crippen LogP contribution < -0.4 is 16.0 Å². The summed E-state index contributed by atoms with van der Waals surface area (Å²) < 4.78 is 0. The van der Waals surface area contributed by atoms with Gasteiger partial charge in [0, 0.05) is 25.0 Å². The van der Waals surface area contributed by atoms with E-state index in [1.807, 2.05) is 12.3 Å². The SMILES string of the molecule is Cc1ccc(NC(N)=NCc2ccc(N3CCC(C)CC3)nc2)cc1C.I. The maximum absolute atomic E-state index is 6.01. The van der Waals surface area contributed by atoms with Gasteiger partial charge in [-0.1, -0.05) is 19.1 Å². The Hall–Kier alpha value is -1.83. The lowest BCUT2D eigenvalue weighted by molar-refractivity contribution is 0.436. The van der Waals surface area contributed by atoms with Crippen molar-refractivity contribution in [2.75, 3.05) is 23.3 Å². The van der Waals surface area contributed by atoms with E-state index in [1.54, 1.807) is 0 Å². The number of nitrogens with two attached hydrogens (primary N) is 1. The predicted molar refractivity (Wildman–Crippen MR) is 125 cm³/mol. The number of hydrogen-bond acceptors (Lipinski definition) is 3. The zero-order chi connectivity index (χ0) is 18.5. The van der Waals surface area contributed by atoms with Crippen LogP contribution in [0.1, 0.15) is 36.5 Å². The summed E-state index contributed by atoms with van der Waals surface area (Å²) in [5.74, 6) is 2.31. The van der Waals surface area contributed by atoms with Crippen LogP contribution in [0.25, 0.3) is 0 Å². The second-order valence-electron chi connectivity index (χ2n) is 7.32. The number of rotatable bonds is 4. The van der Waals surface area contributed by atoms with E-state index in [1.165, 1.54) is 24.0 Å². The number of guanidine groups is 1. The summed E-state index contributed by atoms with van der Waals surface area (Å²) in [7, 11) is 0. The number of aryl methyl sites for hydroxylation is 2. The molecule has 3 N–H and O–H groups in total. The Kier molecular flexibility index (Phi) is 7.89. The van der Waals surface area contributed by atoms with E-state index in [-0.39, 0.29) is 24.0 Å². The van der Waals surface area contributed by atoms with E-state index in [0.717, 1.165) is 36.1 Å². The summed E-state index contributed by atoms with van der Waals surface area (Å²) in [4.78, 5) is 11.4. The third-order valence-electron chi connectivity index (χ3n) is 5.13. The van der Waals surface area contributed by atoms with Gasteiger partial charge >= 0.3 is 0 Å². The van der Waals surface area contributed by atoms with E-state index in [4.69, 9.17) is 5.73 Å². The molecule has 0 saturated carbocycles. The van der Waals surface area contributed by atoms with E-state index >= 15 is 0 Å². The van der Waals surface area contributed by atoms with Crippen LogP contribution in [0.4, 0.5) is 11.5 Å². The van der Waals surface area contributed by atoms with Crippen LogP contribution in [0.5, 0.6) is 0 Å². The topological polar surface area (TPSA) is 66.5 Å². The average Bonchev–Trinajstić information content (AvgIpc) is 2.64. The number of hydrogen-bond donors (Lipinski definition) is 2. The van der Waals surface area contributed by atoms with E-state index < -0.39 is 0 Å². The van der Waals surface area contributed by atoms with E-state index in [2.05, 4.69) is 65.2 Å². The second-order valence-corrected chi connectivity index (χ2v) is 7.32. The molecule has 0 aliphatic carbocycles. The Labute approximate surface area is 179 Å². The van der Waals surface area contributed by atoms with Crippen molar-refractivity contribution in [2.24, 2.45) is 16.6 Å². The molecular weight excluding hydrogens is 449 g/mol. The molecule has 3 rings (SSSR count). The normalized spacial score (nSPS) is 15.4. The molecule has 0 radical (unpaired) electrons. The summed E-state index contributed by atoms with van der Waals surface area (Å²) in [5.41, 5.74) is 10.5. The molecule has 0 spiro atoms. The standard InChI is InChI=1S/C21H29N5.HI/c1-15-8-10-26(11-9-15)20-7-5-18(13-23-20)14-24-21(22)25-19-6-4-16(2)17(3)12-19;/h4-7,12-13,15H,8-11,14H2,1-3H3,(H3,22,24,25);1H. The zero-order valence-electron chi connectivity index (χ0n) is 16.4. The summed E-state index contributed by atoms with van der Waals surface area (Å²) >= 11 is 0. The number of anilines is 2. The van der Waals surface area contributed by atoms with Crippen molar-refractivity contribution in [1.82, 2.24) is 4.98 Å². The lowest BCUT2D eigenvalue weighted by Gasteiger charge is -2.31. The van der Waals surface area contributed by atoms with Gasteiger partial charge < -0.3 is 16.0 Å². The van der Waals surface area contributed by atoms with Gasteiger partial charge in [-0.15, -0.1) is 24.0 Å². The van der Waals surface area contributed by atoms with Gasteiger partial charge in [-0.3, -0.25) is 0 Å². The van der Waals surface area contributed by atoms with Gasteiger partial charge in [0.1, 0.15) is 5.82 Å². The Morgan fingerprint density at radius 3 is 2.56 bits per heavy atom. The van der Waals surface area contributed by atoms with Crippen LogP contribution in [0, 0.1) is 19.8 Å². The number of piperidine rings is 1. The molecule has 5 nitrogen and oxygen atoms in total. The van der Waals surface area contributed by atoms with E-state index in [0.29, 0.717) is 12.5 Å². The summed E-state index contributed by atoms with van der Waals surface area (Å²) in [6.45, 7) is 9.22. The lowest BCUT2D eigenvalue weighted by atomic mass is 9.99. The van der Waals surface area contributed by atoms with Crippen molar-refractivity contribution in [3.63, 3.8) is 0 Å². The molecule has 2 heterocycles. The van der Waals surface area contributed by atoms with Crippen LogP contribution in [-0.2, 0) is 6.54 Å². The zero-order valence-corrected chi connectivity index (χ0v) is 18.7. The number of aliphatic imine (C=N–C) groups is 1. The highest BCUT2D eigenvalue weighted by Crippen LogP contribution is 2.21. The highest BCUT2D eigenvalue weighted by molar-refractivity contribution is 14.0. The summed E-state index contributed by atoms with van der Waals surface area (Å²) in [6, 6.07) is 10.4. The minimum atomic E-state index is 0. The fourth-order valence-electron chi connectivity index (χ4n) is 3.12. The molecule has 0 unspecified atom stereocenters. The van der Waals surface area contributed by atoms with Crippen LogP contribution in [0.15, 0.2) is 41.5 Å². The van der Waals surface area contributed by atoms with Crippen LogP contribution in [0.2, 0.25) is 0 Å². The molecule has 1 aromatic carbocycles. The minimum Gasteiger partial charge on any atom is -0.370 e. The summed E-state index contributed by atoms with van der Waals surface area (Å²) in [5, 5.41) is 3.15. The largest absolute Gasteiger partial charge is 0.370 e. The van der Waals surface area contributed by atoms with Crippen LogP contribution in [-0.4, -0.2) is 24.0 Å². The quantitative estimate of drug-likeness (QED) is 0.386. The molecule has 27 heavy (non-hydrogen) atoms. The Morgan fingerprint density at radius 2 is 1.93 bits per heavy atom. The van der Waals surface area contributed by atoms with Gasteiger partial charge in [0.25, 0.3) is 0 Å². The molecule has 1 fully saturated rings. The van der Waals surface area contributed by atoms with Crippen molar-refractivity contribution in [3.8, 4) is 0 Å². The molecular formula is C21H30IN5. The maximum Gasteiger partial charge on any atom is 0.193 e. The van der Waals surface area contributed by atoms with Crippen molar-refractivity contribution >= 4 is 41.4 Å². The highest BCUT2D eigenvalue weighted by atomic mass is 127. The molecule has 0 amide bonds. The Morgan fingerprint density at radius 1 is 1.19 bits per heavy atom. The monoisotopic (exact) mass is 479 g/mol. The molecule has 1 aromatic heterocycles. The second kappa shape index (κ2) is 9.92. The number of benzene rings is 1. The van der Waals surface area contributed by atoms with E-state index in [9.17, 15) is 0 Å². The molecule has 2 aromatic rings. The first-order chi connectivity index (χ1) is 12.5. The van der Waals surface area contributed by atoms with Crippen LogP contribution in [0.3, 0.4) is 0 Å². The first kappa shape index (κ1) is 21.5. The fraction of sp³-hybridized carbons (Fsp3) is 0.429. The van der Waals surface area contributed by atoms with Gasteiger partial charge in [0.2, 0.25) is 0 Å². The molecule has 6 heteroatoms. The van der Waals surface area contributed by atoms with Crippen molar-refractivity contribution in [2.45, 2.75) is 40.2 Å². The average molecular weight is 479 g/mol. The first-order valence-electron chi connectivity index (χ1n) is 9.35. The highest BCUT2D eigenvalue weighted by Gasteiger charge is 2.16. The lowest BCUT2D eigenvalue weighted by Crippen LogP contribution is -2.33. The molecule has 1 saturated heterocycles. The molecule has 0 atom stereocenters. The third kappa shape index (κ3) is 6.09. The van der Waals surface area contributed by atoms with Gasteiger partial charge in [0.05, 0.1) is 6.54 Å². The van der Waals surface area contributed by atoms with Gasteiger partial charge in [-0.25, -0.2) is 9.98 Å². The van der Waals surface area contributed by atoms with Crippen LogP contribution >= 0.6 is 24.0 Å². The Bertz CT molecular complexity index is 765. The minimum absolute atomic E-state index is 0. The molecule has 1 aliphatic heterocycles. The third-order valence-corrected chi connectivity index (χ3v) is 5.13. The van der Waals surface area contributed by atoms with Gasteiger partial charge in [-0.2, -0.15) is 0 Å². The smallest absolute Gasteiger partial charge is 0.193 e. The maximum atomic E-state index is 6.01. The number of nitrogens with zero attached hydrogens (tertiary/aromatic N) is 3. The van der Waals surface area contributed by atoms with Gasteiger partial charge in [-0.05, 0) is 67.5 Å². The fourth-order valence-corrected chi connectivity index (χ4v) is 3.12. The first-order valence-corrected chi connectivity index (χ1v) is 9.35.